The van der Waals surface area contributed by atoms with Gasteiger partial charge in [-0.15, -0.1) is 0 Å². The van der Waals surface area contributed by atoms with Gasteiger partial charge in [-0.2, -0.15) is 0 Å². The number of aromatic nitrogens is 3. The van der Waals surface area contributed by atoms with Gasteiger partial charge in [0.05, 0.1) is 18.1 Å². The Morgan fingerprint density at radius 3 is 2.75 bits per heavy atom. The average molecular weight is 343 g/mol. The zero-order valence-electron chi connectivity index (χ0n) is 14.2. The largest absolute Gasteiger partial charge is 0.383 e. The highest BCUT2D eigenvalue weighted by atomic mass is 32.2. The van der Waals surface area contributed by atoms with E-state index >= 15 is 0 Å². The van der Waals surface area contributed by atoms with Gasteiger partial charge in [0, 0.05) is 31.0 Å². The molecule has 0 aliphatic heterocycles. The van der Waals surface area contributed by atoms with E-state index in [0.717, 1.165) is 34.4 Å². The molecule has 126 valence electrons. The van der Waals surface area contributed by atoms with Crippen molar-refractivity contribution in [3.8, 4) is 11.3 Å². The molecule has 1 aromatic carbocycles. The number of hydrogen-bond acceptors (Lipinski definition) is 5. The van der Waals surface area contributed by atoms with Crippen LogP contribution < -0.4 is 0 Å². The standard InChI is InChI=1S/C18H21N3O2S/c1-13-14(2)21(9-10-22-3)18(19-13)24-12-16-11-17(20-23-16)15-7-5-4-6-8-15/h4-8,11H,9-10,12H2,1-3H3. The Hall–Kier alpha value is -2.05. The van der Waals surface area contributed by atoms with Gasteiger partial charge >= 0.3 is 0 Å². The zero-order chi connectivity index (χ0) is 16.9. The Balaban J connectivity index is 1.70. The summed E-state index contributed by atoms with van der Waals surface area (Å²) in [6.07, 6.45) is 0. The molecule has 3 rings (SSSR count). The summed E-state index contributed by atoms with van der Waals surface area (Å²) < 4.78 is 12.9. The van der Waals surface area contributed by atoms with Crippen LogP contribution in [-0.2, 0) is 17.0 Å². The molecular formula is C18H21N3O2S. The molecule has 0 amide bonds. The number of nitrogens with zero attached hydrogens (tertiary/aromatic N) is 3. The predicted octanol–water partition coefficient (Wildman–Crippen LogP) is 4.09. The summed E-state index contributed by atoms with van der Waals surface area (Å²) in [5.41, 5.74) is 4.15. The molecule has 0 aliphatic carbocycles. The van der Waals surface area contributed by atoms with E-state index in [9.17, 15) is 0 Å². The number of benzene rings is 1. The Kier molecular flexibility index (Phi) is 5.37. The molecule has 2 heterocycles. The van der Waals surface area contributed by atoms with Crippen molar-refractivity contribution in [2.45, 2.75) is 31.3 Å². The van der Waals surface area contributed by atoms with Crippen LogP contribution in [-0.4, -0.2) is 28.4 Å². The van der Waals surface area contributed by atoms with Crippen LogP contribution in [0.4, 0.5) is 0 Å². The van der Waals surface area contributed by atoms with E-state index in [1.54, 1.807) is 18.9 Å². The normalized spacial score (nSPS) is 11.1. The first-order valence-electron chi connectivity index (χ1n) is 7.85. The number of thioether (sulfide) groups is 1. The lowest BCUT2D eigenvalue weighted by atomic mass is 10.1. The highest BCUT2D eigenvalue weighted by molar-refractivity contribution is 7.98. The number of imidazole rings is 1. The van der Waals surface area contributed by atoms with Gasteiger partial charge in [0.15, 0.2) is 5.16 Å². The molecule has 0 unspecified atom stereocenters. The molecule has 6 heteroatoms. The van der Waals surface area contributed by atoms with Crippen LogP contribution in [0.5, 0.6) is 0 Å². The number of ether oxygens (including phenoxy) is 1. The summed E-state index contributed by atoms with van der Waals surface area (Å²) in [4.78, 5) is 4.65. The molecule has 0 atom stereocenters. The molecule has 0 N–H and O–H groups in total. The average Bonchev–Trinajstić information content (AvgIpc) is 3.18. The highest BCUT2D eigenvalue weighted by Gasteiger charge is 2.13. The van der Waals surface area contributed by atoms with E-state index in [0.29, 0.717) is 12.4 Å². The van der Waals surface area contributed by atoms with E-state index in [-0.39, 0.29) is 0 Å². The summed E-state index contributed by atoms with van der Waals surface area (Å²) in [5, 5.41) is 5.14. The van der Waals surface area contributed by atoms with Gasteiger partial charge in [-0.3, -0.25) is 0 Å². The first-order chi connectivity index (χ1) is 11.7. The van der Waals surface area contributed by atoms with E-state index in [1.165, 1.54) is 5.69 Å². The second kappa shape index (κ2) is 7.68. The molecule has 0 radical (unpaired) electrons. The van der Waals surface area contributed by atoms with Crippen molar-refractivity contribution < 1.29 is 9.26 Å². The number of aryl methyl sites for hydroxylation is 1. The first kappa shape index (κ1) is 16.8. The number of methoxy groups -OCH3 is 1. The zero-order valence-corrected chi connectivity index (χ0v) is 15.0. The Bertz CT molecular complexity index is 796. The third-order valence-corrected chi connectivity index (χ3v) is 4.91. The van der Waals surface area contributed by atoms with Crippen molar-refractivity contribution in [1.29, 1.82) is 0 Å². The summed E-state index contributed by atoms with van der Waals surface area (Å²) in [5.74, 6) is 1.54. The highest BCUT2D eigenvalue weighted by Crippen LogP contribution is 2.27. The monoisotopic (exact) mass is 343 g/mol. The van der Waals surface area contributed by atoms with E-state index in [2.05, 4.69) is 21.6 Å². The topological polar surface area (TPSA) is 53.1 Å². The van der Waals surface area contributed by atoms with Gasteiger partial charge in [-0.05, 0) is 13.8 Å². The van der Waals surface area contributed by atoms with Crippen molar-refractivity contribution >= 4 is 11.8 Å². The maximum atomic E-state index is 5.47. The van der Waals surface area contributed by atoms with Gasteiger partial charge in [0.1, 0.15) is 11.5 Å². The van der Waals surface area contributed by atoms with Crippen molar-refractivity contribution in [1.82, 2.24) is 14.7 Å². The smallest absolute Gasteiger partial charge is 0.168 e. The van der Waals surface area contributed by atoms with E-state index in [1.807, 2.05) is 43.3 Å². The van der Waals surface area contributed by atoms with Crippen molar-refractivity contribution in [2.75, 3.05) is 13.7 Å². The Labute approximate surface area is 146 Å². The van der Waals surface area contributed by atoms with Crippen LogP contribution in [0.3, 0.4) is 0 Å². The fourth-order valence-corrected chi connectivity index (χ4v) is 3.43. The molecular weight excluding hydrogens is 322 g/mol. The van der Waals surface area contributed by atoms with Crippen LogP contribution in [0.25, 0.3) is 11.3 Å². The molecule has 0 saturated carbocycles. The van der Waals surface area contributed by atoms with Crippen LogP contribution in [0.2, 0.25) is 0 Å². The van der Waals surface area contributed by atoms with Crippen molar-refractivity contribution in [3.05, 3.63) is 53.5 Å². The molecule has 3 aromatic rings. The quantitative estimate of drug-likeness (QED) is 0.605. The van der Waals surface area contributed by atoms with E-state index < -0.39 is 0 Å². The Morgan fingerprint density at radius 2 is 2.00 bits per heavy atom. The van der Waals surface area contributed by atoms with E-state index in [4.69, 9.17) is 9.26 Å². The molecule has 24 heavy (non-hydrogen) atoms. The summed E-state index contributed by atoms with van der Waals surface area (Å²) in [7, 11) is 1.71. The second-order valence-corrected chi connectivity index (χ2v) is 6.49. The number of hydrogen-bond donors (Lipinski definition) is 0. The first-order valence-corrected chi connectivity index (χ1v) is 8.84. The Morgan fingerprint density at radius 1 is 1.21 bits per heavy atom. The van der Waals surface area contributed by atoms with Gasteiger partial charge in [-0.25, -0.2) is 4.98 Å². The molecule has 5 nitrogen and oxygen atoms in total. The minimum atomic E-state index is 0.671. The molecule has 2 aromatic heterocycles. The minimum Gasteiger partial charge on any atom is -0.383 e. The van der Waals surface area contributed by atoms with Gasteiger partial charge in [-0.1, -0.05) is 47.3 Å². The summed E-state index contributed by atoms with van der Waals surface area (Å²) >= 11 is 1.66. The minimum absolute atomic E-state index is 0.671. The summed E-state index contributed by atoms with van der Waals surface area (Å²) in [6, 6.07) is 12.0. The van der Waals surface area contributed by atoms with Crippen LogP contribution >= 0.6 is 11.8 Å². The van der Waals surface area contributed by atoms with Crippen LogP contribution in [0.15, 0.2) is 46.1 Å². The van der Waals surface area contributed by atoms with Crippen molar-refractivity contribution in [3.63, 3.8) is 0 Å². The third-order valence-electron chi connectivity index (χ3n) is 3.91. The number of rotatable bonds is 7. The molecule has 0 aliphatic rings. The van der Waals surface area contributed by atoms with Gasteiger partial charge in [0.25, 0.3) is 0 Å². The molecule has 0 fully saturated rings. The fraction of sp³-hybridized carbons (Fsp3) is 0.333. The summed E-state index contributed by atoms with van der Waals surface area (Å²) in [6.45, 7) is 5.59. The third kappa shape index (κ3) is 3.71. The molecule has 0 saturated heterocycles. The second-order valence-electron chi connectivity index (χ2n) is 5.54. The van der Waals surface area contributed by atoms with Gasteiger partial charge in [0.2, 0.25) is 0 Å². The maximum Gasteiger partial charge on any atom is 0.168 e. The van der Waals surface area contributed by atoms with Crippen LogP contribution in [0, 0.1) is 13.8 Å². The lowest BCUT2D eigenvalue weighted by Gasteiger charge is -2.08. The molecule has 0 spiro atoms. The predicted molar refractivity (Wildman–Crippen MR) is 95.1 cm³/mol. The molecule has 0 bridgehead atoms. The van der Waals surface area contributed by atoms with Crippen molar-refractivity contribution in [2.24, 2.45) is 0 Å². The fourth-order valence-electron chi connectivity index (χ4n) is 2.44. The lowest BCUT2D eigenvalue weighted by Crippen LogP contribution is -2.07. The maximum absolute atomic E-state index is 5.47. The lowest BCUT2D eigenvalue weighted by molar-refractivity contribution is 0.184. The van der Waals surface area contributed by atoms with Gasteiger partial charge < -0.3 is 13.8 Å². The van der Waals surface area contributed by atoms with Crippen LogP contribution in [0.1, 0.15) is 17.1 Å². The SMILES string of the molecule is COCCn1c(SCc2cc(-c3ccccc3)no2)nc(C)c1C.